The van der Waals surface area contributed by atoms with Crippen LogP contribution in [0.4, 0.5) is 0 Å². The molecule has 0 saturated heterocycles. The van der Waals surface area contributed by atoms with Crippen molar-refractivity contribution in [3.63, 3.8) is 0 Å². The number of carbonyl (C=O) groups is 1. The maximum Gasteiger partial charge on any atom is 0.224 e. The largest absolute Gasteiger partial charge is 0.494 e. The van der Waals surface area contributed by atoms with E-state index in [1.165, 1.54) is 18.2 Å². The average Bonchev–Trinajstić information content (AvgIpc) is 2.74. The average molecular weight is 412 g/mol. The van der Waals surface area contributed by atoms with Crippen molar-refractivity contribution in [2.75, 3.05) is 33.4 Å². The first-order valence-electron chi connectivity index (χ1n) is 9.81. The molecule has 0 spiro atoms. The van der Waals surface area contributed by atoms with Crippen molar-refractivity contribution >= 4 is 5.91 Å². The van der Waals surface area contributed by atoms with Crippen LogP contribution in [0.15, 0.2) is 41.5 Å². The molecule has 2 aromatic carbocycles. The first-order valence-corrected chi connectivity index (χ1v) is 9.81. The van der Waals surface area contributed by atoms with Gasteiger partial charge in [-0.25, -0.2) is 0 Å². The van der Waals surface area contributed by atoms with Crippen molar-refractivity contribution in [1.82, 2.24) is 5.32 Å². The summed E-state index contributed by atoms with van der Waals surface area (Å²) >= 11 is 0. The number of methoxy groups -OCH3 is 1. The van der Waals surface area contributed by atoms with Crippen LogP contribution in [0.5, 0.6) is 17.2 Å². The number of hydrogen-bond acceptors (Lipinski definition) is 5. The predicted octanol–water partition coefficient (Wildman–Crippen LogP) is 4.13. The van der Waals surface area contributed by atoms with Gasteiger partial charge in [0.1, 0.15) is 5.75 Å². The van der Waals surface area contributed by atoms with Gasteiger partial charge in [-0.2, -0.15) is 0 Å². The number of nitrogens with zero attached hydrogens (tertiary/aromatic N) is 3. The number of aryl methyl sites for hydroxylation is 2. The molecule has 1 amide bonds. The third-order valence-corrected chi connectivity index (χ3v) is 4.50. The highest BCUT2D eigenvalue weighted by Gasteiger charge is 2.09. The van der Waals surface area contributed by atoms with Gasteiger partial charge < -0.3 is 19.5 Å². The number of nitrogens with one attached hydrogen (secondary N) is 1. The molecule has 0 aromatic heterocycles. The Balaban J connectivity index is 1.73. The summed E-state index contributed by atoms with van der Waals surface area (Å²) in [5, 5.41) is 6.32. The second-order valence-electron chi connectivity index (χ2n) is 6.76. The van der Waals surface area contributed by atoms with Gasteiger partial charge in [0.2, 0.25) is 5.91 Å². The lowest BCUT2D eigenvalue weighted by atomic mass is 10.1. The summed E-state index contributed by atoms with van der Waals surface area (Å²) in [4.78, 5) is 14.9. The van der Waals surface area contributed by atoms with Crippen molar-refractivity contribution in [3.05, 3.63) is 63.5 Å². The van der Waals surface area contributed by atoms with Crippen molar-refractivity contribution < 1.29 is 19.0 Å². The van der Waals surface area contributed by atoms with E-state index in [0.717, 1.165) is 17.7 Å². The topological polar surface area (TPSA) is 106 Å². The monoisotopic (exact) mass is 412 g/mol. The lowest BCUT2D eigenvalue weighted by molar-refractivity contribution is -0.120. The molecule has 0 atom stereocenters. The maximum atomic E-state index is 12.2. The molecule has 2 rings (SSSR count). The van der Waals surface area contributed by atoms with Crippen LogP contribution < -0.4 is 19.5 Å². The molecule has 0 aliphatic rings. The number of carbonyl (C=O) groups excluding carboxylic acids is 1. The number of hydrogen-bond donors (Lipinski definition) is 1. The number of azide groups is 1. The fourth-order valence-electron chi connectivity index (χ4n) is 2.72. The van der Waals surface area contributed by atoms with E-state index in [0.29, 0.717) is 24.7 Å². The zero-order valence-electron chi connectivity index (χ0n) is 17.7. The minimum absolute atomic E-state index is 0.0692. The molecule has 0 heterocycles. The van der Waals surface area contributed by atoms with Gasteiger partial charge in [-0.3, -0.25) is 4.79 Å². The van der Waals surface area contributed by atoms with Gasteiger partial charge in [0.25, 0.3) is 0 Å². The summed E-state index contributed by atoms with van der Waals surface area (Å²) in [6, 6.07) is 11.3. The van der Waals surface area contributed by atoms with Crippen molar-refractivity contribution in [1.29, 1.82) is 0 Å². The normalized spacial score (nSPS) is 10.1. The molecule has 8 nitrogen and oxygen atoms in total. The fourth-order valence-corrected chi connectivity index (χ4v) is 2.72. The molecule has 160 valence electrons. The van der Waals surface area contributed by atoms with Crippen molar-refractivity contribution in [2.45, 2.75) is 26.7 Å². The highest BCUT2D eigenvalue weighted by Crippen LogP contribution is 2.28. The lowest BCUT2D eigenvalue weighted by Crippen LogP contribution is -2.27. The second-order valence-corrected chi connectivity index (χ2v) is 6.76. The van der Waals surface area contributed by atoms with Crippen molar-refractivity contribution in [3.8, 4) is 17.2 Å². The van der Waals surface area contributed by atoms with Gasteiger partial charge >= 0.3 is 0 Å². The lowest BCUT2D eigenvalue weighted by Gasteiger charge is -2.12. The van der Waals surface area contributed by atoms with E-state index >= 15 is 0 Å². The summed E-state index contributed by atoms with van der Waals surface area (Å²) < 4.78 is 16.6. The first kappa shape index (κ1) is 22.9. The Hall–Kier alpha value is -3.38. The highest BCUT2D eigenvalue weighted by atomic mass is 16.5. The zero-order chi connectivity index (χ0) is 21.8. The molecule has 0 aliphatic heterocycles. The van der Waals surface area contributed by atoms with Crippen LogP contribution in [0, 0.1) is 13.8 Å². The minimum Gasteiger partial charge on any atom is -0.494 e. The number of benzene rings is 2. The van der Waals surface area contributed by atoms with Gasteiger partial charge in [-0.1, -0.05) is 17.2 Å². The maximum absolute atomic E-state index is 12.2. The van der Waals surface area contributed by atoms with Gasteiger partial charge in [0.05, 0.1) is 33.3 Å². The number of rotatable bonds is 12. The highest BCUT2D eigenvalue weighted by molar-refractivity contribution is 5.78. The predicted molar refractivity (Wildman–Crippen MR) is 115 cm³/mol. The quantitative estimate of drug-likeness (QED) is 0.245. The molecule has 8 heteroatoms. The Morgan fingerprint density at radius 3 is 2.63 bits per heavy atom. The summed E-state index contributed by atoms with van der Waals surface area (Å²) in [7, 11) is 1.54. The standard InChI is InChI=1S/C22H28N4O4/c1-16-5-7-19(13-17(16)2)29-11-4-9-24-22(27)15-18-6-8-20(21(14-18)28-3)30-12-10-25-26-23/h5-8,13-14H,4,9-12,15H2,1-3H3,(H,24,27). The Bertz CT molecular complexity index is 895. The van der Waals surface area contributed by atoms with E-state index < -0.39 is 0 Å². The molecule has 0 bridgehead atoms. The summed E-state index contributed by atoms with van der Waals surface area (Å²) in [5.74, 6) is 1.85. The van der Waals surface area contributed by atoms with Crippen LogP contribution >= 0.6 is 0 Å². The van der Waals surface area contributed by atoms with E-state index in [4.69, 9.17) is 19.7 Å². The molecule has 0 aliphatic carbocycles. The minimum atomic E-state index is -0.0692. The molecule has 0 saturated carbocycles. The van der Waals surface area contributed by atoms with Crippen LogP contribution in [0.3, 0.4) is 0 Å². The van der Waals surface area contributed by atoms with Crippen LogP contribution in [-0.2, 0) is 11.2 Å². The molecule has 0 unspecified atom stereocenters. The molecule has 30 heavy (non-hydrogen) atoms. The first-order chi connectivity index (χ1) is 14.5. The molecule has 0 radical (unpaired) electrons. The van der Waals surface area contributed by atoms with Crippen LogP contribution in [0.1, 0.15) is 23.1 Å². The second kappa shape index (κ2) is 12.2. The molecular weight excluding hydrogens is 384 g/mol. The fraction of sp³-hybridized carbons (Fsp3) is 0.409. The van der Waals surface area contributed by atoms with E-state index in [2.05, 4.69) is 29.2 Å². The number of ether oxygens (including phenoxy) is 3. The van der Waals surface area contributed by atoms with E-state index in [-0.39, 0.29) is 25.5 Å². The smallest absolute Gasteiger partial charge is 0.224 e. The third-order valence-electron chi connectivity index (χ3n) is 4.50. The van der Waals surface area contributed by atoms with E-state index in [9.17, 15) is 4.79 Å². The summed E-state index contributed by atoms with van der Waals surface area (Å²) in [5.41, 5.74) is 11.5. The van der Waals surface area contributed by atoms with Gasteiger partial charge in [-0.05, 0) is 66.8 Å². The Labute approximate surface area is 176 Å². The molecule has 1 N–H and O–H groups in total. The third kappa shape index (κ3) is 7.56. The van der Waals surface area contributed by atoms with Crippen LogP contribution in [0.2, 0.25) is 0 Å². The molecular formula is C22H28N4O4. The van der Waals surface area contributed by atoms with Gasteiger partial charge in [0, 0.05) is 11.5 Å². The van der Waals surface area contributed by atoms with Crippen LogP contribution in [0.25, 0.3) is 10.4 Å². The SMILES string of the molecule is COc1cc(CC(=O)NCCCOc2ccc(C)c(C)c2)ccc1OCCN=[N+]=[N-]. The Morgan fingerprint density at radius 2 is 1.90 bits per heavy atom. The molecule has 0 fully saturated rings. The van der Waals surface area contributed by atoms with E-state index in [1.807, 2.05) is 24.3 Å². The number of amides is 1. The summed E-state index contributed by atoms with van der Waals surface area (Å²) in [6.07, 6.45) is 0.966. The Morgan fingerprint density at radius 1 is 1.07 bits per heavy atom. The van der Waals surface area contributed by atoms with Crippen molar-refractivity contribution in [2.24, 2.45) is 5.11 Å². The van der Waals surface area contributed by atoms with Crippen LogP contribution in [-0.4, -0.2) is 39.3 Å². The van der Waals surface area contributed by atoms with Gasteiger partial charge in [0.15, 0.2) is 11.5 Å². The Kier molecular flexibility index (Phi) is 9.34. The summed E-state index contributed by atoms with van der Waals surface area (Å²) in [6.45, 7) is 5.69. The molecule has 2 aromatic rings. The van der Waals surface area contributed by atoms with E-state index in [1.54, 1.807) is 12.1 Å². The zero-order valence-corrected chi connectivity index (χ0v) is 17.7. The van der Waals surface area contributed by atoms with Gasteiger partial charge in [-0.15, -0.1) is 0 Å².